The second-order valence-electron chi connectivity index (χ2n) is 2.67. The van der Waals surface area contributed by atoms with E-state index >= 15 is 0 Å². The van der Waals surface area contributed by atoms with Gasteiger partial charge in [-0.2, -0.15) is 12.6 Å². The predicted octanol–water partition coefficient (Wildman–Crippen LogP) is 2.70. The maximum absolute atomic E-state index is 13.2. The van der Waals surface area contributed by atoms with Gasteiger partial charge in [-0.15, -0.1) is 0 Å². The van der Waals surface area contributed by atoms with Gasteiger partial charge < -0.3 is 4.74 Å². The molecule has 72 valence electrons. The monoisotopic (exact) mass is 200 g/mol. The average Bonchev–Trinajstić information content (AvgIpc) is 2.10. The van der Waals surface area contributed by atoms with Crippen LogP contribution in [0.4, 0.5) is 4.39 Å². The Morgan fingerprint density at radius 2 is 2.23 bits per heavy atom. The summed E-state index contributed by atoms with van der Waals surface area (Å²) in [5.74, 6) is 0.763. The molecule has 0 saturated heterocycles. The predicted molar refractivity (Wildman–Crippen MR) is 55.1 cm³/mol. The summed E-state index contributed by atoms with van der Waals surface area (Å²) in [6, 6.07) is 5.03. The van der Waals surface area contributed by atoms with E-state index in [4.69, 9.17) is 4.74 Å². The van der Waals surface area contributed by atoms with Crippen LogP contribution in [0.25, 0.3) is 0 Å². The van der Waals surface area contributed by atoms with Gasteiger partial charge in [-0.1, -0.05) is 6.07 Å². The molecule has 0 unspecified atom stereocenters. The molecule has 0 heterocycles. The van der Waals surface area contributed by atoms with Gasteiger partial charge in [-0.25, -0.2) is 4.39 Å². The normalized spacial score (nSPS) is 10.1. The number of hydrogen-bond acceptors (Lipinski definition) is 2. The Bertz CT molecular complexity index is 276. The summed E-state index contributed by atoms with van der Waals surface area (Å²) in [7, 11) is 0. The van der Waals surface area contributed by atoms with Crippen molar-refractivity contribution >= 4 is 12.6 Å². The third kappa shape index (κ3) is 2.92. The molecule has 0 spiro atoms. The number of aryl methyl sites for hydroxylation is 1. The zero-order valence-corrected chi connectivity index (χ0v) is 8.48. The van der Waals surface area contributed by atoms with Crippen molar-refractivity contribution in [2.24, 2.45) is 0 Å². The number of hydrogen-bond donors (Lipinski definition) is 1. The molecule has 0 saturated carbocycles. The topological polar surface area (TPSA) is 9.23 Å². The summed E-state index contributed by atoms with van der Waals surface area (Å²) in [6.45, 7) is 2.32. The lowest BCUT2D eigenvalue weighted by Gasteiger charge is -2.05. The minimum Gasteiger partial charge on any atom is -0.491 e. The van der Waals surface area contributed by atoms with Gasteiger partial charge in [-0.3, -0.25) is 0 Å². The third-order valence-corrected chi connectivity index (χ3v) is 1.92. The van der Waals surface area contributed by atoms with Crippen LogP contribution in [0.2, 0.25) is 0 Å². The van der Waals surface area contributed by atoms with Crippen LogP contribution in [0.5, 0.6) is 5.75 Å². The van der Waals surface area contributed by atoms with E-state index in [1.54, 1.807) is 6.07 Å². The average molecular weight is 200 g/mol. The van der Waals surface area contributed by atoms with Crippen LogP contribution in [0.1, 0.15) is 12.5 Å². The van der Waals surface area contributed by atoms with Crippen LogP contribution >= 0.6 is 12.6 Å². The maximum Gasteiger partial charge on any atom is 0.165 e. The highest BCUT2D eigenvalue weighted by atomic mass is 32.1. The van der Waals surface area contributed by atoms with Crippen molar-refractivity contribution < 1.29 is 9.13 Å². The van der Waals surface area contributed by atoms with Crippen LogP contribution in [0.15, 0.2) is 18.2 Å². The van der Waals surface area contributed by atoms with Crippen molar-refractivity contribution in [1.82, 2.24) is 0 Å². The molecule has 0 bridgehead atoms. The fraction of sp³-hybridized carbons (Fsp3) is 0.400. The van der Waals surface area contributed by atoms with E-state index in [0.717, 1.165) is 17.7 Å². The zero-order valence-electron chi connectivity index (χ0n) is 7.59. The second-order valence-corrected chi connectivity index (χ2v) is 3.12. The van der Waals surface area contributed by atoms with Gasteiger partial charge in [0.2, 0.25) is 0 Å². The van der Waals surface area contributed by atoms with E-state index < -0.39 is 0 Å². The Morgan fingerprint density at radius 1 is 1.46 bits per heavy atom. The molecule has 0 aliphatic rings. The molecule has 0 aliphatic heterocycles. The minimum absolute atomic E-state index is 0.291. The number of benzene rings is 1. The molecule has 1 nitrogen and oxygen atoms in total. The van der Waals surface area contributed by atoms with Gasteiger partial charge in [0.1, 0.15) is 0 Å². The summed E-state index contributed by atoms with van der Waals surface area (Å²) < 4.78 is 18.3. The molecule has 1 rings (SSSR count). The van der Waals surface area contributed by atoms with Crippen molar-refractivity contribution in [3.8, 4) is 5.75 Å². The first kappa shape index (κ1) is 10.4. The van der Waals surface area contributed by atoms with Gasteiger partial charge in [0.05, 0.1) is 6.61 Å². The van der Waals surface area contributed by atoms with E-state index in [0.29, 0.717) is 12.4 Å². The lowest BCUT2D eigenvalue weighted by molar-refractivity contribution is 0.321. The molecular formula is C10H13FOS. The Balaban J connectivity index is 2.79. The van der Waals surface area contributed by atoms with Crippen LogP contribution in [0, 0.1) is 5.82 Å². The molecule has 1 aromatic rings. The summed E-state index contributed by atoms with van der Waals surface area (Å²) in [5, 5.41) is 0. The first-order chi connectivity index (χ1) is 6.27. The Labute approximate surface area is 83.3 Å². The fourth-order valence-electron chi connectivity index (χ4n) is 1.10. The fourth-order valence-corrected chi connectivity index (χ4v) is 1.36. The van der Waals surface area contributed by atoms with Crippen molar-refractivity contribution in [3.05, 3.63) is 29.6 Å². The highest BCUT2D eigenvalue weighted by Crippen LogP contribution is 2.18. The molecule has 0 aromatic heterocycles. The standard InChI is InChI=1S/C10H13FOS/c1-2-12-10-4-3-8(5-6-13)7-9(10)11/h3-4,7,13H,2,5-6H2,1H3. The quantitative estimate of drug-likeness (QED) is 0.735. The first-order valence-electron chi connectivity index (χ1n) is 4.30. The van der Waals surface area contributed by atoms with Gasteiger partial charge in [0, 0.05) is 0 Å². The largest absolute Gasteiger partial charge is 0.491 e. The Hall–Kier alpha value is -0.700. The molecule has 0 amide bonds. The van der Waals surface area contributed by atoms with E-state index in [1.165, 1.54) is 6.07 Å². The molecule has 0 atom stereocenters. The Kier molecular flexibility index (Phi) is 4.09. The van der Waals surface area contributed by atoms with E-state index in [2.05, 4.69) is 12.6 Å². The molecule has 3 heteroatoms. The van der Waals surface area contributed by atoms with Gasteiger partial charge >= 0.3 is 0 Å². The molecule has 0 fully saturated rings. The molecular weight excluding hydrogens is 187 g/mol. The van der Waals surface area contributed by atoms with E-state index in [-0.39, 0.29) is 5.82 Å². The summed E-state index contributed by atoms with van der Waals surface area (Å²) in [4.78, 5) is 0. The lowest BCUT2D eigenvalue weighted by atomic mass is 10.1. The van der Waals surface area contributed by atoms with Crippen LogP contribution in [-0.4, -0.2) is 12.4 Å². The highest BCUT2D eigenvalue weighted by molar-refractivity contribution is 7.80. The van der Waals surface area contributed by atoms with Crippen LogP contribution < -0.4 is 4.74 Å². The zero-order chi connectivity index (χ0) is 9.68. The minimum atomic E-state index is -0.291. The summed E-state index contributed by atoms with van der Waals surface area (Å²) >= 11 is 4.08. The van der Waals surface area contributed by atoms with Crippen molar-refractivity contribution in [1.29, 1.82) is 0 Å². The highest BCUT2D eigenvalue weighted by Gasteiger charge is 2.02. The van der Waals surface area contributed by atoms with Gasteiger partial charge in [0.25, 0.3) is 0 Å². The second kappa shape index (κ2) is 5.12. The van der Waals surface area contributed by atoms with E-state index in [9.17, 15) is 4.39 Å². The summed E-state index contributed by atoms with van der Waals surface area (Å²) in [6.07, 6.45) is 0.784. The van der Waals surface area contributed by atoms with Gasteiger partial charge in [0.15, 0.2) is 11.6 Å². The molecule has 1 aromatic carbocycles. The van der Waals surface area contributed by atoms with Crippen molar-refractivity contribution in [2.45, 2.75) is 13.3 Å². The maximum atomic E-state index is 13.2. The molecule has 0 N–H and O–H groups in total. The number of rotatable bonds is 4. The molecule has 13 heavy (non-hydrogen) atoms. The number of ether oxygens (including phenoxy) is 1. The first-order valence-corrected chi connectivity index (χ1v) is 4.93. The molecule has 0 radical (unpaired) electrons. The SMILES string of the molecule is CCOc1ccc(CCS)cc1F. The lowest BCUT2D eigenvalue weighted by Crippen LogP contribution is -1.96. The molecule has 0 aliphatic carbocycles. The van der Waals surface area contributed by atoms with Crippen LogP contribution in [-0.2, 0) is 6.42 Å². The van der Waals surface area contributed by atoms with E-state index in [1.807, 2.05) is 13.0 Å². The summed E-state index contributed by atoms with van der Waals surface area (Å²) in [5.41, 5.74) is 0.955. The van der Waals surface area contributed by atoms with Crippen LogP contribution in [0.3, 0.4) is 0 Å². The number of halogens is 1. The van der Waals surface area contributed by atoms with Crippen molar-refractivity contribution in [3.63, 3.8) is 0 Å². The van der Waals surface area contributed by atoms with Crippen molar-refractivity contribution in [2.75, 3.05) is 12.4 Å². The third-order valence-electron chi connectivity index (χ3n) is 1.70. The Morgan fingerprint density at radius 3 is 2.77 bits per heavy atom. The smallest absolute Gasteiger partial charge is 0.165 e. The van der Waals surface area contributed by atoms with Gasteiger partial charge in [-0.05, 0) is 36.8 Å². The number of thiol groups is 1.